The van der Waals surface area contributed by atoms with Gasteiger partial charge in [-0.2, -0.15) is 0 Å². The van der Waals surface area contributed by atoms with E-state index >= 15 is 0 Å². The van der Waals surface area contributed by atoms with E-state index in [2.05, 4.69) is 49.2 Å². The van der Waals surface area contributed by atoms with Crippen LogP contribution in [-0.2, 0) is 0 Å². The minimum atomic E-state index is -1.14. The summed E-state index contributed by atoms with van der Waals surface area (Å²) in [6.45, 7) is 14.5. The molecule has 2 nitrogen and oxygen atoms in total. The van der Waals surface area contributed by atoms with E-state index in [0.29, 0.717) is 0 Å². The first kappa shape index (κ1) is 14.4. The zero-order chi connectivity index (χ0) is 12.4. The monoisotopic (exact) mass is 258 g/mol. The van der Waals surface area contributed by atoms with Crippen LogP contribution in [-0.4, -0.2) is 28.6 Å². The molecule has 2 N–H and O–H groups in total. The van der Waals surface area contributed by atoms with Crippen molar-refractivity contribution >= 4 is 16.5 Å². The van der Waals surface area contributed by atoms with Gasteiger partial charge in [-0.15, -0.1) is 0 Å². The zero-order valence-corrected chi connectivity index (χ0v) is 14.0. The van der Waals surface area contributed by atoms with Crippen molar-refractivity contribution in [2.45, 2.75) is 77.0 Å². The van der Waals surface area contributed by atoms with Gasteiger partial charge in [-0.3, -0.25) is 0 Å². The van der Waals surface area contributed by atoms with Gasteiger partial charge in [0.25, 0.3) is 0 Å². The molecule has 16 heavy (non-hydrogen) atoms. The third kappa shape index (κ3) is 5.61. The number of hydrogen-bond acceptors (Lipinski definition) is 2. The second kappa shape index (κ2) is 5.33. The Balaban J connectivity index is 2.57. The molecule has 1 saturated carbocycles. The molecule has 0 heterocycles. The molecule has 1 fully saturated rings. The van der Waals surface area contributed by atoms with Crippen molar-refractivity contribution in [1.29, 1.82) is 0 Å². The Labute approximate surface area is 104 Å². The molecule has 1 aliphatic rings. The molecule has 96 valence electrons. The van der Waals surface area contributed by atoms with Crippen LogP contribution in [0, 0.1) is 0 Å². The first-order valence-electron chi connectivity index (χ1n) is 6.73. The average Bonchev–Trinajstić information content (AvgIpc) is 2.03. The molecule has 4 heteroatoms. The predicted molar refractivity (Wildman–Crippen MR) is 79.0 cm³/mol. The highest BCUT2D eigenvalue weighted by molar-refractivity contribution is 6.74. The lowest BCUT2D eigenvalue weighted by Crippen LogP contribution is -2.61. The van der Waals surface area contributed by atoms with Crippen LogP contribution in [0.3, 0.4) is 0 Å². The SMILES string of the molecule is C[Si](C)(C)N[C@H]1CCCC[C@@H]1N[Si](C)(C)C. The van der Waals surface area contributed by atoms with Crippen LogP contribution in [0.15, 0.2) is 0 Å². The maximum absolute atomic E-state index is 3.93. The van der Waals surface area contributed by atoms with Crippen LogP contribution in [0.25, 0.3) is 0 Å². The molecule has 0 aromatic carbocycles. The van der Waals surface area contributed by atoms with Crippen LogP contribution >= 0.6 is 0 Å². The molecule has 1 rings (SSSR count). The Morgan fingerprint density at radius 3 is 1.25 bits per heavy atom. The lowest BCUT2D eigenvalue weighted by Gasteiger charge is -2.40. The van der Waals surface area contributed by atoms with E-state index in [1.807, 2.05) is 0 Å². The lowest BCUT2D eigenvalue weighted by molar-refractivity contribution is 0.339. The predicted octanol–water partition coefficient (Wildman–Crippen LogP) is 3.15. The van der Waals surface area contributed by atoms with Crippen molar-refractivity contribution < 1.29 is 0 Å². The molecule has 0 aromatic heterocycles. The quantitative estimate of drug-likeness (QED) is 0.757. The summed E-state index contributed by atoms with van der Waals surface area (Å²) in [7, 11) is -2.27. The fraction of sp³-hybridized carbons (Fsp3) is 1.00. The molecule has 0 aliphatic heterocycles. The van der Waals surface area contributed by atoms with Gasteiger partial charge in [-0.05, 0) is 12.8 Å². The van der Waals surface area contributed by atoms with Crippen molar-refractivity contribution in [3.8, 4) is 0 Å². The molecule has 0 spiro atoms. The summed E-state index contributed by atoms with van der Waals surface area (Å²) in [6, 6.07) is 1.46. The van der Waals surface area contributed by atoms with Crippen LogP contribution in [0.5, 0.6) is 0 Å². The van der Waals surface area contributed by atoms with Crippen molar-refractivity contribution in [2.24, 2.45) is 0 Å². The molecule has 0 saturated heterocycles. The van der Waals surface area contributed by atoms with Crippen LogP contribution in [0.2, 0.25) is 39.3 Å². The van der Waals surface area contributed by atoms with E-state index in [-0.39, 0.29) is 0 Å². The molecule has 1 aliphatic carbocycles. The van der Waals surface area contributed by atoms with Gasteiger partial charge in [-0.1, -0.05) is 52.1 Å². The summed E-state index contributed by atoms with van der Waals surface area (Å²) in [4.78, 5) is 7.86. The smallest absolute Gasteiger partial charge is 0.116 e. The summed E-state index contributed by atoms with van der Waals surface area (Å²) in [5.74, 6) is 0. The summed E-state index contributed by atoms with van der Waals surface area (Å²) in [6.07, 6.45) is 5.55. The molecular formula is C12H30N2Si2. The van der Waals surface area contributed by atoms with Gasteiger partial charge in [0.15, 0.2) is 0 Å². The van der Waals surface area contributed by atoms with Gasteiger partial charge in [-0.25, -0.2) is 0 Å². The van der Waals surface area contributed by atoms with Crippen LogP contribution < -0.4 is 9.96 Å². The van der Waals surface area contributed by atoms with E-state index in [1.54, 1.807) is 0 Å². The standard InChI is InChI=1S/C12H30N2Si2/c1-15(2,3)13-11-9-7-8-10-12(11)14-16(4,5)6/h11-14H,7-10H2,1-6H3/t11-,12-/m0/s1. The first-order valence-corrected chi connectivity index (χ1v) is 13.7. The number of hydrogen-bond donors (Lipinski definition) is 2. The highest BCUT2D eigenvalue weighted by Gasteiger charge is 2.31. The van der Waals surface area contributed by atoms with Gasteiger partial charge in [0.2, 0.25) is 0 Å². The second-order valence-corrected chi connectivity index (χ2v) is 16.9. The number of nitrogens with one attached hydrogen (secondary N) is 2. The average molecular weight is 259 g/mol. The highest BCUT2D eigenvalue weighted by Crippen LogP contribution is 2.21. The number of rotatable bonds is 4. The minimum absolute atomic E-state index is 0.729. The summed E-state index contributed by atoms with van der Waals surface area (Å²) in [5, 5.41) is 0. The van der Waals surface area contributed by atoms with Crippen LogP contribution in [0.1, 0.15) is 25.7 Å². The lowest BCUT2D eigenvalue weighted by atomic mass is 9.92. The molecule has 2 atom stereocenters. The normalized spacial score (nSPS) is 28.1. The van der Waals surface area contributed by atoms with Crippen molar-refractivity contribution in [3.05, 3.63) is 0 Å². The van der Waals surface area contributed by atoms with Gasteiger partial charge >= 0.3 is 0 Å². The van der Waals surface area contributed by atoms with Gasteiger partial charge < -0.3 is 9.96 Å². The summed E-state index contributed by atoms with van der Waals surface area (Å²) in [5.41, 5.74) is 0. The third-order valence-corrected chi connectivity index (χ3v) is 5.48. The molecule has 0 amide bonds. The summed E-state index contributed by atoms with van der Waals surface area (Å²) >= 11 is 0. The maximum atomic E-state index is 3.93. The van der Waals surface area contributed by atoms with Gasteiger partial charge in [0, 0.05) is 12.1 Å². The fourth-order valence-corrected chi connectivity index (χ4v) is 5.50. The van der Waals surface area contributed by atoms with Crippen molar-refractivity contribution in [2.75, 3.05) is 0 Å². The Bertz CT molecular complexity index is 194. The topological polar surface area (TPSA) is 24.1 Å². The van der Waals surface area contributed by atoms with Crippen molar-refractivity contribution in [3.63, 3.8) is 0 Å². The molecule has 0 aromatic rings. The van der Waals surface area contributed by atoms with Gasteiger partial charge in [0.1, 0.15) is 16.5 Å². The second-order valence-electron chi connectivity index (χ2n) is 7.29. The molecule has 0 unspecified atom stereocenters. The van der Waals surface area contributed by atoms with Crippen LogP contribution in [0.4, 0.5) is 0 Å². The minimum Gasteiger partial charge on any atom is -0.333 e. The Hall–Kier alpha value is 0.354. The van der Waals surface area contributed by atoms with Gasteiger partial charge in [0.05, 0.1) is 0 Å². The maximum Gasteiger partial charge on any atom is 0.116 e. The van der Waals surface area contributed by atoms with E-state index < -0.39 is 16.5 Å². The largest absolute Gasteiger partial charge is 0.333 e. The third-order valence-electron chi connectivity index (χ3n) is 3.00. The highest BCUT2D eigenvalue weighted by atomic mass is 28.3. The van der Waals surface area contributed by atoms with E-state index in [4.69, 9.17) is 0 Å². The molecule has 0 bridgehead atoms. The van der Waals surface area contributed by atoms with Crippen molar-refractivity contribution in [1.82, 2.24) is 9.96 Å². The summed E-state index contributed by atoms with van der Waals surface area (Å²) < 4.78 is 0. The zero-order valence-electron chi connectivity index (χ0n) is 12.0. The Morgan fingerprint density at radius 2 is 1.00 bits per heavy atom. The van der Waals surface area contributed by atoms with E-state index in [9.17, 15) is 0 Å². The Morgan fingerprint density at radius 1 is 0.688 bits per heavy atom. The molecular weight excluding hydrogens is 228 g/mol. The fourth-order valence-electron chi connectivity index (χ4n) is 2.59. The van der Waals surface area contributed by atoms with E-state index in [0.717, 1.165) is 12.1 Å². The van der Waals surface area contributed by atoms with E-state index in [1.165, 1.54) is 25.7 Å². The Kier molecular flexibility index (Phi) is 4.81. The first-order chi connectivity index (χ1) is 7.17. The molecule has 0 radical (unpaired) electrons.